The summed E-state index contributed by atoms with van der Waals surface area (Å²) in [5.74, 6) is 0. The van der Waals surface area contributed by atoms with Crippen molar-refractivity contribution in [1.29, 1.82) is 0 Å². The van der Waals surface area contributed by atoms with Crippen LogP contribution in [0.5, 0.6) is 0 Å². The monoisotopic (exact) mass is 444 g/mol. The van der Waals surface area contributed by atoms with Crippen LogP contribution in [0.15, 0.2) is 0 Å². The highest BCUT2D eigenvalue weighted by Gasteiger charge is 2.22. The molecular formula is C27H57ClN2. The second-order valence-electron chi connectivity index (χ2n) is 10.6. The van der Waals surface area contributed by atoms with Crippen molar-refractivity contribution < 1.29 is 16.9 Å². The normalized spacial score (nSPS) is 17.5. The van der Waals surface area contributed by atoms with Gasteiger partial charge in [-0.2, -0.15) is 0 Å². The van der Waals surface area contributed by atoms with Crippen LogP contribution >= 0.6 is 0 Å². The van der Waals surface area contributed by atoms with Crippen molar-refractivity contribution in [1.82, 2.24) is 5.32 Å². The summed E-state index contributed by atoms with van der Waals surface area (Å²) >= 11 is 0. The zero-order valence-corrected chi connectivity index (χ0v) is 21.9. The van der Waals surface area contributed by atoms with Crippen LogP contribution < -0.4 is 17.7 Å². The fourth-order valence-electron chi connectivity index (χ4n) is 5.03. The number of halogens is 1. The lowest BCUT2D eigenvalue weighted by atomic mass is 10.0. The van der Waals surface area contributed by atoms with Gasteiger partial charge in [0.1, 0.15) is 0 Å². The lowest BCUT2D eigenvalue weighted by Crippen LogP contribution is -3.00. The summed E-state index contributed by atoms with van der Waals surface area (Å²) in [7, 11) is 4.88. The molecule has 1 aliphatic heterocycles. The Labute approximate surface area is 197 Å². The molecule has 0 aromatic carbocycles. The van der Waals surface area contributed by atoms with Crippen LogP contribution in [0.3, 0.4) is 0 Å². The van der Waals surface area contributed by atoms with E-state index in [1.807, 2.05) is 0 Å². The minimum atomic E-state index is 0. The molecule has 2 nitrogen and oxygen atoms in total. The Morgan fingerprint density at radius 1 is 0.633 bits per heavy atom. The van der Waals surface area contributed by atoms with E-state index >= 15 is 0 Å². The number of unbranched alkanes of at least 4 members (excludes halogenated alkanes) is 15. The summed E-state index contributed by atoms with van der Waals surface area (Å²) in [4.78, 5) is 0. The molecule has 0 bridgehead atoms. The van der Waals surface area contributed by atoms with Crippen LogP contribution in [0.2, 0.25) is 0 Å². The Kier molecular flexibility index (Phi) is 21.2. The van der Waals surface area contributed by atoms with Crippen LogP contribution in [0.25, 0.3) is 0 Å². The van der Waals surface area contributed by atoms with E-state index in [-0.39, 0.29) is 12.4 Å². The van der Waals surface area contributed by atoms with Gasteiger partial charge in [0.25, 0.3) is 0 Å². The van der Waals surface area contributed by atoms with Gasteiger partial charge in [0.2, 0.25) is 0 Å². The van der Waals surface area contributed by atoms with E-state index in [4.69, 9.17) is 0 Å². The van der Waals surface area contributed by atoms with Crippen molar-refractivity contribution in [3.8, 4) is 0 Å². The number of rotatable bonds is 19. The summed E-state index contributed by atoms with van der Waals surface area (Å²) in [6, 6.07) is 0.758. The van der Waals surface area contributed by atoms with E-state index in [1.165, 1.54) is 153 Å². The van der Waals surface area contributed by atoms with Gasteiger partial charge in [0.05, 0.1) is 33.2 Å². The molecule has 0 saturated carbocycles. The second-order valence-corrected chi connectivity index (χ2v) is 10.6. The molecule has 0 amide bonds. The molecule has 1 atom stereocenters. The number of nitrogens with zero attached hydrogens (tertiary/aromatic N) is 1. The van der Waals surface area contributed by atoms with Crippen molar-refractivity contribution in [2.45, 2.75) is 141 Å². The van der Waals surface area contributed by atoms with E-state index in [9.17, 15) is 0 Å². The zero-order chi connectivity index (χ0) is 21.0. The van der Waals surface area contributed by atoms with Crippen molar-refractivity contribution >= 4 is 0 Å². The van der Waals surface area contributed by atoms with Gasteiger partial charge >= 0.3 is 0 Å². The zero-order valence-electron chi connectivity index (χ0n) is 21.2. The number of quaternary nitrogens is 1. The molecule has 3 heteroatoms. The lowest BCUT2D eigenvalue weighted by molar-refractivity contribution is -0.891. The van der Waals surface area contributed by atoms with Crippen molar-refractivity contribution in [2.75, 3.05) is 33.7 Å². The van der Waals surface area contributed by atoms with Crippen molar-refractivity contribution in [3.63, 3.8) is 0 Å². The first-order valence-electron chi connectivity index (χ1n) is 13.7. The van der Waals surface area contributed by atoms with Crippen LogP contribution in [0.4, 0.5) is 0 Å². The van der Waals surface area contributed by atoms with Gasteiger partial charge in [-0.15, -0.1) is 0 Å². The Hall–Kier alpha value is 0.210. The first-order chi connectivity index (χ1) is 14.1. The molecule has 1 N–H and O–H groups in total. The lowest BCUT2D eigenvalue weighted by Gasteiger charge is -2.33. The Balaban J connectivity index is 0.00000841. The third-order valence-electron chi connectivity index (χ3n) is 6.99. The summed E-state index contributed by atoms with van der Waals surface area (Å²) in [5.41, 5.74) is 0. The van der Waals surface area contributed by atoms with Gasteiger partial charge in [-0.25, -0.2) is 0 Å². The standard InChI is InChI=1S/C27H57N2.ClH/c1-4-5-6-7-8-9-10-11-12-13-14-15-16-17-18-22-25-29(2,3)26-27-23-20-19-21-24-28-27;/h27-28H,4-26H2,1-3H3;1H/q+1;/p-1. The third-order valence-corrected chi connectivity index (χ3v) is 6.99. The molecule has 1 rings (SSSR count). The average molecular weight is 445 g/mol. The number of hydrogen-bond donors (Lipinski definition) is 1. The van der Waals surface area contributed by atoms with Crippen molar-refractivity contribution in [3.05, 3.63) is 0 Å². The fraction of sp³-hybridized carbons (Fsp3) is 1.00. The highest BCUT2D eigenvalue weighted by atomic mass is 35.5. The summed E-state index contributed by atoms with van der Waals surface area (Å²) in [6.07, 6.45) is 29.0. The third kappa shape index (κ3) is 18.9. The maximum absolute atomic E-state index is 3.78. The molecular weight excluding hydrogens is 388 g/mol. The van der Waals surface area contributed by atoms with Gasteiger partial charge in [0, 0.05) is 0 Å². The minimum absolute atomic E-state index is 0. The molecule has 1 unspecified atom stereocenters. The predicted molar refractivity (Wildman–Crippen MR) is 132 cm³/mol. The van der Waals surface area contributed by atoms with Crippen LogP contribution in [0.1, 0.15) is 135 Å². The topological polar surface area (TPSA) is 12.0 Å². The SMILES string of the molecule is CCCCCCCCCCCCCCCCCC[N+](C)(C)CC1CCCCCN1.[Cl-]. The molecule has 0 radical (unpaired) electrons. The molecule has 1 heterocycles. The first-order valence-corrected chi connectivity index (χ1v) is 13.7. The summed E-state index contributed by atoms with van der Waals surface area (Å²) in [6.45, 7) is 6.22. The molecule has 0 spiro atoms. The van der Waals surface area contributed by atoms with E-state index in [1.54, 1.807) is 0 Å². The smallest absolute Gasteiger partial charge is 0.0938 e. The Morgan fingerprint density at radius 2 is 1.10 bits per heavy atom. The number of nitrogens with one attached hydrogen (secondary N) is 1. The quantitative estimate of drug-likeness (QED) is 0.221. The Bertz CT molecular complexity index is 338. The Morgan fingerprint density at radius 3 is 1.60 bits per heavy atom. The predicted octanol–water partition coefficient (Wildman–Crippen LogP) is 4.86. The molecule has 1 aliphatic rings. The molecule has 0 aromatic heterocycles. The van der Waals surface area contributed by atoms with Gasteiger partial charge in [-0.3, -0.25) is 0 Å². The molecule has 1 saturated heterocycles. The molecule has 30 heavy (non-hydrogen) atoms. The molecule has 182 valence electrons. The maximum atomic E-state index is 3.78. The van der Waals surface area contributed by atoms with E-state index in [0.717, 1.165) is 6.04 Å². The van der Waals surface area contributed by atoms with Gasteiger partial charge in [0.15, 0.2) is 0 Å². The minimum Gasteiger partial charge on any atom is -1.00 e. The van der Waals surface area contributed by atoms with Crippen LogP contribution in [0, 0.1) is 0 Å². The molecule has 0 aliphatic carbocycles. The van der Waals surface area contributed by atoms with Gasteiger partial charge < -0.3 is 22.2 Å². The van der Waals surface area contributed by atoms with E-state index in [0.29, 0.717) is 0 Å². The second kappa shape index (κ2) is 21.1. The highest BCUT2D eigenvalue weighted by Crippen LogP contribution is 2.15. The van der Waals surface area contributed by atoms with Crippen LogP contribution in [-0.4, -0.2) is 44.3 Å². The summed E-state index contributed by atoms with van der Waals surface area (Å²) < 4.78 is 1.20. The molecule has 1 fully saturated rings. The highest BCUT2D eigenvalue weighted by molar-refractivity contribution is 4.70. The van der Waals surface area contributed by atoms with E-state index < -0.39 is 0 Å². The first kappa shape index (κ1) is 30.2. The molecule has 0 aromatic rings. The van der Waals surface area contributed by atoms with E-state index in [2.05, 4.69) is 26.3 Å². The average Bonchev–Trinajstić information content (AvgIpc) is 2.95. The van der Waals surface area contributed by atoms with Gasteiger partial charge in [-0.05, 0) is 32.2 Å². The van der Waals surface area contributed by atoms with Crippen LogP contribution in [-0.2, 0) is 0 Å². The summed E-state index contributed by atoms with van der Waals surface area (Å²) in [5, 5.41) is 3.78. The fourth-order valence-corrected chi connectivity index (χ4v) is 5.03. The maximum Gasteiger partial charge on any atom is 0.0938 e. The largest absolute Gasteiger partial charge is 1.00 e. The number of likely N-dealkylation sites (N-methyl/N-ethyl adjacent to an activating group) is 1. The van der Waals surface area contributed by atoms with Gasteiger partial charge in [-0.1, -0.05) is 110 Å². The number of hydrogen-bond acceptors (Lipinski definition) is 1. The van der Waals surface area contributed by atoms with Crippen molar-refractivity contribution in [2.24, 2.45) is 0 Å².